The molecule has 0 unspecified atom stereocenters. The van der Waals surface area contributed by atoms with E-state index in [4.69, 9.17) is 17.7 Å². The van der Waals surface area contributed by atoms with Crippen molar-refractivity contribution < 1.29 is 17.7 Å². The lowest BCUT2D eigenvalue weighted by atomic mass is 10.1. The van der Waals surface area contributed by atoms with Crippen LogP contribution < -0.4 is 11.2 Å². The molecular formula is C24H42N2O6Si2. The Labute approximate surface area is 205 Å². The molecule has 3 rings (SSSR count). The summed E-state index contributed by atoms with van der Waals surface area (Å²) in [5, 5.41) is 0. The Hall–Kier alpha value is -1.31. The summed E-state index contributed by atoms with van der Waals surface area (Å²) in [6.45, 7) is 23.1. The van der Waals surface area contributed by atoms with Crippen LogP contribution in [0.1, 0.15) is 73.6 Å². The maximum absolute atomic E-state index is 12.6. The van der Waals surface area contributed by atoms with Gasteiger partial charge < -0.3 is 17.7 Å². The van der Waals surface area contributed by atoms with Gasteiger partial charge in [-0.05, 0) is 29.1 Å². The Morgan fingerprint density at radius 2 is 1.53 bits per heavy atom. The van der Waals surface area contributed by atoms with Crippen LogP contribution in [-0.4, -0.2) is 45.0 Å². The number of aromatic nitrogens is 2. The quantitative estimate of drug-likeness (QED) is 0.443. The van der Waals surface area contributed by atoms with E-state index in [1.165, 1.54) is 4.57 Å². The van der Waals surface area contributed by atoms with Crippen LogP contribution in [0.3, 0.4) is 0 Å². The lowest BCUT2D eigenvalue weighted by Crippen LogP contribution is -2.66. The van der Waals surface area contributed by atoms with Crippen molar-refractivity contribution in [2.45, 2.75) is 115 Å². The number of hydrogen-bond acceptors (Lipinski definition) is 6. The number of H-pyrrole nitrogens is 1. The molecule has 2 fully saturated rings. The number of nitrogens with one attached hydrogen (secondary N) is 1. The molecule has 4 atom stereocenters. The number of nitrogens with zero attached hydrogens (tertiary/aromatic N) is 1. The van der Waals surface area contributed by atoms with Gasteiger partial charge >= 0.3 is 22.8 Å². The van der Waals surface area contributed by atoms with E-state index in [0.29, 0.717) is 12.0 Å². The molecule has 0 saturated carbocycles. The molecule has 1 aromatic rings. The molecule has 1 aromatic heterocycles. The summed E-state index contributed by atoms with van der Waals surface area (Å²) < 4.78 is 29.2. The van der Waals surface area contributed by atoms with Gasteiger partial charge in [0.15, 0.2) is 0 Å². The zero-order valence-electron chi connectivity index (χ0n) is 22.1. The third-order valence-corrected chi connectivity index (χ3v) is 17.6. The van der Waals surface area contributed by atoms with Crippen molar-refractivity contribution in [2.75, 3.05) is 0 Å². The Bertz CT molecular complexity index is 986. The van der Waals surface area contributed by atoms with Crippen molar-refractivity contribution in [2.24, 2.45) is 0 Å². The lowest BCUT2D eigenvalue weighted by Gasteiger charge is -2.52. The van der Waals surface area contributed by atoms with Gasteiger partial charge in [-0.15, -0.1) is 6.58 Å². The average Bonchev–Trinajstić information content (AvgIpc) is 3.13. The molecule has 10 heteroatoms. The molecule has 2 aliphatic rings. The normalized spacial score (nSPS) is 28.9. The Balaban J connectivity index is 2.14. The van der Waals surface area contributed by atoms with Crippen LogP contribution in [0.2, 0.25) is 22.2 Å². The summed E-state index contributed by atoms with van der Waals surface area (Å²) in [6.07, 6.45) is 2.02. The van der Waals surface area contributed by atoms with Gasteiger partial charge in [-0.1, -0.05) is 61.5 Å². The van der Waals surface area contributed by atoms with Gasteiger partial charge in [-0.25, -0.2) is 4.79 Å². The van der Waals surface area contributed by atoms with E-state index >= 15 is 0 Å². The predicted octanol–water partition coefficient (Wildman–Crippen LogP) is 4.64. The highest BCUT2D eigenvalue weighted by Gasteiger charge is 2.61. The van der Waals surface area contributed by atoms with Gasteiger partial charge in [0.2, 0.25) is 0 Å². The van der Waals surface area contributed by atoms with E-state index < -0.39 is 46.8 Å². The molecule has 1 N–H and O–H groups in total. The minimum atomic E-state index is -2.80. The summed E-state index contributed by atoms with van der Waals surface area (Å²) in [7, 11) is -5.58. The maximum Gasteiger partial charge on any atom is 0.335 e. The fraction of sp³-hybridized carbons (Fsp3) is 0.750. The first-order chi connectivity index (χ1) is 15.8. The predicted molar refractivity (Wildman–Crippen MR) is 138 cm³/mol. The van der Waals surface area contributed by atoms with Gasteiger partial charge in [-0.3, -0.25) is 14.3 Å². The van der Waals surface area contributed by atoms with Gasteiger partial charge in [-0.2, -0.15) is 0 Å². The Morgan fingerprint density at radius 3 is 2.03 bits per heavy atom. The first-order valence-electron chi connectivity index (χ1n) is 12.4. The first-order valence-corrected chi connectivity index (χ1v) is 16.4. The van der Waals surface area contributed by atoms with Crippen molar-refractivity contribution in [3.8, 4) is 0 Å². The van der Waals surface area contributed by atoms with Crippen LogP contribution >= 0.6 is 0 Å². The molecule has 3 heterocycles. The smallest absolute Gasteiger partial charge is 0.335 e. The number of aromatic amines is 1. The topological polar surface area (TPSA) is 91.8 Å². The molecule has 0 aliphatic carbocycles. The summed E-state index contributed by atoms with van der Waals surface area (Å²) in [5.41, 5.74) is 0.344. The number of ether oxygens (including phenoxy) is 1. The van der Waals surface area contributed by atoms with Crippen LogP contribution in [0.15, 0.2) is 28.4 Å². The van der Waals surface area contributed by atoms with E-state index in [9.17, 15) is 9.59 Å². The molecule has 0 radical (unpaired) electrons. The summed E-state index contributed by atoms with van der Waals surface area (Å²) in [4.78, 5) is 26.9. The van der Waals surface area contributed by atoms with E-state index in [2.05, 4.69) is 67.0 Å². The second kappa shape index (κ2) is 9.98. The van der Waals surface area contributed by atoms with Crippen LogP contribution in [0.25, 0.3) is 0 Å². The summed E-state index contributed by atoms with van der Waals surface area (Å²) in [6, 6.07) is 0. The number of hydrogen-bond donors (Lipinski definition) is 1. The zero-order chi connectivity index (χ0) is 25.6. The molecule has 34 heavy (non-hydrogen) atoms. The van der Waals surface area contributed by atoms with Crippen LogP contribution in [-0.2, 0) is 17.7 Å². The average molecular weight is 511 g/mol. The standard InChI is InChI=1S/C24H42N2O6Si2/c1-11-19-22-20(12-21(29-22)26-13-18(10)23(27)25-24(26)28)31-34(16(6)7,17(8)9)32-33(30-19,14(2)3)15(4)5/h11,13-17,19-22H,1,12H2,2-10H3,(H,25,27,28)/t19-,20+,21-,22-/m1/s1. The van der Waals surface area contributed by atoms with Crippen molar-refractivity contribution in [3.05, 3.63) is 45.3 Å². The minimum Gasteiger partial charge on any atom is -0.414 e. The first kappa shape index (κ1) is 27.3. The molecular weight excluding hydrogens is 468 g/mol. The van der Waals surface area contributed by atoms with Crippen LogP contribution in [0.4, 0.5) is 0 Å². The van der Waals surface area contributed by atoms with E-state index in [0.717, 1.165) is 0 Å². The third kappa shape index (κ3) is 4.60. The zero-order valence-corrected chi connectivity index (χ0v) is 24.1. The molecule has 192 valence electrons. The summed E-state index contributed by atoms with van der Waals surface area (Å²) in [5.74, 6) is 0. The molecule has 2 aliphatic heterocycles. The molecule has 2 saturated heterocycles. The fourth-order valence-electron chi connectivity index (χ4n) is 5.39. The molecule has 0 bridgehead atoms. The minimum absolute atomic E-state index is 0.193. The summed E-state index contributed by atoms with van der Waals surface area (Å²) >= 11 is 0. The third-order valence-electron chi connectivity index (χ3n) is 7.32. The molecule has 0 aromatic carbocycles. The van der Waals surface area contributed by atoms with Gasteiger partial charge in [0.05, 0.1) is 12.2 Å². The van der Waals surface area contributed by atoms with E-state index in [1.807, 2.05) is 0 Å². The second-order valence-corrected chi connectivity index (χ2v) is 19.7. The Kier molecular flexibility index (Phi) is 8.01. The maximum atomic E-state index is 12.6. The second-order valence-electron chi connectivity index (χ2n) is 10.9. The van der Waals surface area contributed by atoms with Gasteiger partial charge in [0, 0.05) is 18.2 Å². The van der Waals surface area contributed by atoms with Crippen LogP contribution in [0, 0.1) is 6.92 Å². The number of rotatable bonds is 6. The molecule has 0 amide bonds. The molecule has 0 spiro atoms. The largest absolute Gasteiger partial charge is 0.414 e. The fourth-order valence-corrected chi connectivity index (χ4v) is 16.7. The Morgan fingerprint density at radius 1 is 1.00 bits per heavy atom. The highest BCUT2D eigenvalue weighted by Crippen LogP contribution is 2.49. The van der Waals surface area contributed by atoms with Gasteiger partial charge in [0.25, 0.3) is 5.56 Å². The van der Waals surface area contributed by atoms with Crippen molar-refractivity contribution in [1.29, 1.82) is 0 Å². The van der Waals surface area contributed by atoms with Crippen LogP contribution in [0.5, 0.6) is 0 Å². The highest BCUT2D eigenvalue weighted by molar-refractivity contribution is 6.84. The monoisotopic (exact) mass is 510 g/mol. The van der Waals surface area contributed by atoms with E-state index in [1.54, 1.807) is 19.2 Å². The van der Waals surface area contributed by atoms with Crippen molar-refractivity contribution in [1.82, 2.24) is 9.55 Å². The number of fused-ring (bicyclic) bond motifs is 1. The van der Waals surface area contributed by atoms with Crippen molar-refractivity contribution in [3.63, 3.8) is 0 Å². The van der Waals surface area contributed by atoms with Gasteiger partial charge in [0.1, 0.15) is 12.3 Å². The highest BCUT2D eigenvalue weighted by atomic mass is 28.5. The van der Waals surface area contributed by atoms with Crippen molar-refractivity contribution >= 4 is 17.1 Å². The SMILES string of the molecule is C=C[C@H]1O[Si](C(C)C)(C(C)C)O[Si](C(C)C)(C(C)C)O[C@H]2C[C@H](n3cc(C)c(=O)[nH]c3=O)O[C@@H]21. The lowest BCUT2D eigenvalue weighted by molar-refractivity contribution is -0.0789. The molecule has 8 nitrogen and oxygen atoms in total. The number of aryl methyl sites for hydroxylation is 1. The van der Waals surface area contributed by atoms with E-state index in [-0.39, 0.29) is 28.3 Å².